The van der Waals surface area contributed by atoms with Gasteiger partial charge in [-0.05, 0) is 25.7 Å². The molecular weight excluding hydrogens is 306 g/mol. The lowest BCUT2D eigenvalue weighted by atomic mass is 9.89. The Morgan fingerprint density at radius 1 is 0.792 bits per heavy atom. The molecule has 0 bridgehead atoms. The third kappa shape index (κ3) is 4.62. The van der Waals surface area contributed by atoms with Crippen molar-refractivity contribution in [1.82, 2.24) is 15.3 Å². The van der Waals surface area contributed by atoms with Gasteiger partial charge in [-0.1, -0.05) is 38.5 Å². The van der Waals surface area contributed by atoms with Crippen LogP contribution in [0.25, 0.3) is 0 Å². The number of piperazine rings is 1. The van der Waals surface area contributed by atoms with Gasteiger partial charge in [-0.25, -0.2) is 9.59 Å². The Hall–Kier alpha value is -1.30. The molecule has 3 rings (SSSR count). The maximum absolute atomic E-state index is 12.2. The van der Waals surface area contributed by atoms with Crippen LogP contribution in [0, 0.1) is 5.92 Å². The van der Waals surface area contributed by atoms with E-state index in [-0.39, 0.29) is 17.9 Å². The number of carbonyl (C=O) groups is 2. The average molecular weight is 337 g/mol. The minimum atomic E-state index is -0.276. The lowest BCUT2D eigenvalue weighted by Crippen LogP contribution is -2.54. The van der Waals surface area contributed by atoms with Gasteiger partial charge in [0.25, 0.3) is 0 Å². The molecule has 0 radical (unpaired) electrons. The summed E-state index contributed by atoms with van der Waals surface area (Å²) in [6.45, 7) is 3.27. The van der Waals surface area contributed by atoms with Crippen LogP contribution in [0.15, 0.2) is 0 Å². The van der Waals surface area contributed by atoms with Crippen molar-refractivity contribution in [2.24, 2.45) is 5.92 Å². The Labute approximate surface area is 144 Å². The maximum atomic E-state index is 12.2. The first-order valence-electron chi connectivity index (χ1n) is 9.73. The smallest absolute Gasteiger partial charge is 0.339 e. The topological polar surface area (TPSA) is 61.9 Å². The highest BCUT2D eigenvalue weighted by molar-refractivity contribution is 5.77. The fourth-order valence-electron chi connectivity index (χ4n) is 4.32. The van der Waals surface area contributed by atoms with Crippen LogP contribution >= 0.6 is 0 Å². The molecule has 1 N–H and O–H groups in total. The standard InChI is InChI=1S/C18H31N3O3/c22-17(15-7-3-1-4-8-15)24-19-18(23)21-13-11-20(12-14-21)16-9-5-2-6-10-16/h15-16H,1-14H2,(H,19,23). The number of nitrogens with one attached hydrogen (secondary N) is 1. The summed E-state index contributed by atoms with van der Waals surface area (Å²) >= 11 is 0. The second kappa shape index (κ2) is 8.70. The summed E-state index contributed by atoms with van der Waals surface area (Å²) in [4.78, 5) is 33.5. The molecule has 1 saturated heterocycles. The summed E-state index contributed by atoms with van der Waals surface area (Å²) in [6, 6.07) is 0.426. The van der Waals surface area contributed by atoms with E-state index in [4.69, 9.17) is 4.84 Å². The Morgan fingerprint density at radius 2 is 1.38 bits per heavy atom. The number of hydroxylamine groups is 1. The summed E-state index contributed by atoms with van der Waals surface area (Å²) in [6.07, 6.45) is 11.8. The molecule has 2 saturated carbocycles. The zero-order valence-corrected chi connectivity index (χ0v) is 14.7. The van der Waals surface area contributed by atoms with E-state index in [1.54, 1.807) is 4.90 Å². The first-order valence-corrected chi connectivity index (χ1v) is 9.73. The quantitative estimate of drug-likeness (QED) is 0.787. The van der Waals surface area contributed by atoms with E-state index in [9.17, 15) is 9.59 Å². The van der Waals surface area contributed by atoms with Crippen LogP contribution in [0.1, 0.15) is 64.2 Å². The number of hydrogen-bond acceptors (Lipinski definition) is 4. The number of rotatable bonds is 2. The molecule has 1 heterocycles. The molecular formula is C18H31N3O3. The second-order valence-corrected chi connectivity index (χ2v) is 7.48. The first-order chi connectivity index (χ1) is 11.7. The van der Waals surface area contributed by atoms with E-state index in [1.165, 1.54) is 38.5 Å². The van der Waals surface area contributed by atoms with Crippen molar-refractivity contribution < 1.29 is 14.4 Å². The highest BCUT2D eigenvalue weighted by Gasteiger charge is 2.28. The van der Waals surface area contributed by atoms with E-state index in [0.29, 0.717) is 19.1 Å². The van der Waals surface area contributed by atoms with Gasteiger partial charge in [0, 0.05) is 32.2 Å². The summed E-state index contributed by atoms with van der Waals surface area (Å²) in [5.41, 5.74) is 2.36. The minimum absolute atomic E-state index is 0.0396. The van der Waals surface area contributed by atoms with Gasteiger partial charge in [-0.15, -0.1) is 0 Å². The maximum Gasteiger partial charge on any atom is 0.350 e. The van der Waals surface area contributed by atoms with Crippen LogP contribution in [0.2, 0.25) is 0 Å². The lowest BCUT2D eigenvalue weighted by molar-refractivity contribution is -0.155. The molecule has 0 unspecified atom stereocenters. The highest BCUT2D eigenvalue weighted by atomic mass is 16.7. The summed E-state index contributed by atoms with van der Waals surface area (Å²) in [5.74, 6) is -0.314. The van der Waals surface area contributed by atoms with Gasteiger partial charge in [0.15, 0.2) is 0 Å². The van der Waals surface area contributed by atoms with Crippen LogP contribution < -0.4 is 5.48 Å². The van der Waals surface area contributed by atoms with Crippen molar-refractivity contribution >= 4 is 12.0 Å². The van der Waals surface area contributed by atoms with Crippen LogP contribution in [-0.2, 0) is 9.63 Å². The molecule has 0 aromatic rings. The summed E-state index contributed by atoms with van der Waals surface area (Å²) in [5, 5.41) is 0. The van der Waals surface area contributed by atoms with Crippen molar-refractivity contribution in [1.29, 1.82) is 0 Å². The fraction of sp³-hybridized carbons (Fsp3) is 0.889. The molecule has 2 amide bonds. The predicted molar refractivity (Wildman–Crippen MR) is 91.2 cm³/mol. The van der Waals surface area contributed by atoms with Crippen molar-refractivity contribution in [3.63, 3.8) is 0 Å². The lowest BCUT2D eigenvalue weighted by Gasteiger charge is -2.40. The summed E-state index contributed by atoms with van der Waals surface area (Å²) < 4.78 is 0. The summed E-state index contributed by atoms with van der Waals surface area (Å²) in [7, 11) is 0. The van der Waals surface area contributed by atoms with Crippen molar-refractivity contribution in [3.8, 4) is 0 Å². The van der Waals surface area contributed by atoms with Gasteiger partial charge in [0.2, 0.25) is 0 Å². The molecule has 136 valence electrons. The molecule has 6 nitrogen and oxygen atoms in total. The number of urea groups is 1. The van der Waals surface area contributed by atoms with Gasteiger partial charge in [0.05, 0.1) is 5.92 Å². The monoisotopic (exact) mass is 337 g/mol. The Balaban J connectivity index is 1.36. The fourth-order valence-corrected chi connectivity index (χ4v) is 4.32. The Morgan fingerprint density at radius 3 is 2.00 bits per heavy atom. The van der Waals surface area contributed by atoms with Crippen LogP contribution in [-0.4, -0.2) is 54.0 Å². The molecule has 6 heteroatoms. The first kappa shape index (κ1) is 17.5. The number of amides is 2. The van der Waals surface area contributed by atoms with Crippen molar-refractivity contribution in [2.75, 3.05) is 26.2 Å². The molecule has 0 spiro atoms. The normalized spacial score (nSPS) is 24.6. The van der Waals surface area contributed by atoms with Crippen LogP contribution in [0.3, 0.4) is 0 Å². The van der Waals surface area contributed by atoms with Gasteiger partial charge in [-0.3, -0.25) is 4.90 Å². The highest BCUT2D eigenvalue weighted by Crippen LogP contribution is 2.25. The zero-order chi connectivity index (χ0) is 16.8. The van der Waals surface area contributed by atoms with E-state index in [1.807, 2.05) is 0 Å². The largest absolute Gasteiger partial charge is 0.350 e. The van der Waals surface area contributed by atoms with Crippen molar-refractivity contribution in [2.45, 2.75) is 70.3 Å². The number of hydrogen-bond donors (Lipinski definition) is 1. The van der Waals surface area contributed by atoms with E-state index in [2.05, 4.69) is 10.4 Å². The molecule has 0 aromatic carbocycles. The average Bonchev–Trinajstić information content (AvgIpc) is 2.67. The molecule has 0 atom stereocenters. The third-order valence-electron chi connectivity index (χ3n) is 5.87. The SMILES string of the molecule is O=C(ONC(=O)N1CCN(C2CCCCC2)CC1)C1CCCCC1. The van der Waals surface area contributed by atoms with E-state index in [0.717, 1.165) is 38.8 Å². The second-order valence-electron chi connectivity index (χ2n) is 7.48. The molecule has 3 aliphatic rings. The molecule has 24 heavy (non-hydrogen) atoms. The molecule has 0 aromatic heterocycles. The molecule has 2 aliphatic carbocycles. The van der Waals surface area contributed by atoms with Gasteiger partial charge < -0.3 is 9.74 Å². The van der Waals surface area contributed by atoms with E-state index < -0.39 is 0 Å². The Bertz CT molecular complexity index is 423. The van der Waals surface area contributed by atoms with Crippen LogP contribution in [0.4, 0.5) is 4.79 Å². The molecule has 3 fully saturated rings. The third-order valence-corrected chi connectivity index (χ3v) is 5.87. The Kier molecular flexibility index (Phi) is 6.35. The van der Waals surface area contributed by atoms with E-state index >= 15 is 0 Å². The van der Waals surface area contributed by atoms with Crippen molar-refractivity contribution in [3.05, 3.63) is 0 Å². The van der Waals surface area contributed by atoms with Gasteiger partial charge in [-0.2, -0.15) is 5.48 Å². The van der Waals surface area contributed by atoms with Crippen LogP contribution in [0.5, 0.6) is 0 Å². The number of nitrogens with zero attached hydrogens (tertiary/aromatic N) is 2. The molecule has 1 aliphatic heterocycles. The predicted octanol–water partition coefficient (Wildman–Crippen LogP) is 2.68. The van der Waals surface area contributed by atoms with Gasteiger partial charge >= 0.3 is 12.0 Å². The van der Waals surface area contributed by atoms with Gasteiger partial charge in [0.1, 0.15) is 0 Å². The zero-order valence-electron chi connectivity index (χ0n) is 14.7. The minimum Gasteiger partial charge on any atom is -0.339 e. The number of carbonyl (C=O) groups excluding carboxylic acids is 2.